The van der Waals surface area contributed by atoms with Crippen molar-refractivity contribution in [3.8, 4) is 0 Å². The summed E-state index contributed by atoms with van der Waals surface area (Å²) in [6.45, 7) is 3.58. The number of carbonyl (C=O) groups excluding carboxylic acids is 1. The lowest BCUT2D eigenvalue weighted by Crippen LogP contribution is -2.25. The highest BCUT2D eigenvalue weighted by Gasteiger charge is 2.17. The first-order valence-corrected chi connectivity index (χ1v) is 9.92. The second-order valence-electron chi connectivity index (χ2n) is 6.97. The number of nitrogens with zero attached hydrogens (tertiary/aromatic N) is 1. The predicted molar refractivity (Wildman–Crippen MR) is 116 cm³/mol. The number of hydrogen-bond donors (Lipinski definition) is 1. The van der Waals surface area contributed by atoms with Crippen LogP contribution in [0.25, 0.3) is 0 Å². The minimum absolute atomic E-state index is 0.247. The summed E-state index contributed by atoms with van der Waals surface area (Å²) >= 11 is 0. The Morgan fingerprint density at radius 1 is 0.828 bits per heavy atom. The van der Waals surface area contributed by atoms with Crippen LogP contribution in [0.1, 0.15) is 23.6 Å². The molecule has 0 saturated heterocycles. The molecule has 0 saturated carbocycles. The third kappa shape index (κ3) is 6.19. The Kier molecular flexibility index (Phi) is 7.42. The number of anilines is 1. The van der Waals surface area contributed by atoms with E-state index in [2.05, 4.69) is 53.4 Å². The van der Waals surface area contributed by atoms with Gasteiger partial charge in [-0.25, -0.2) is 4.79 Å². The molecule has 0 amide bonds. The number of ether oxygens (including phenoxy) is 1. The zero-order chi connectivity index (χ0) is 20.5. The van der Waals surface area contributed by atoms with Crippen LogP contribution in [0.3, 0.4) is 0 Å². The number of hydrogen-bond acceptors (Lipinski definition) is 4. The molecule has 0 heterocycles. The lowest BCUT2D eigenvalue weighted by Gasteiger charge is -2.25. The number of benzene rings is 3. The molecule has 0 spiro atoms. The molecule has 3 aromatic rings. The van der Waals surface area contributed by atoms with Gasteiger partial charge in [-0.2, -0.15) is 0 Å². The van der Waals surface area contributed by atoms with Gasteiger partial charge in [0.1, 0.15) is 0 Å². The van der Waals surface area contributed by atoms with Crippen LogP contribution in [0.15, 0.2) is 84.9 Å². The van der Waals surface area contributed by atoms with E-state index in [1.807, 2.05) is 36.4 Å². The van der Waals surface area contributed by atoms with Gasteiger partial charge in [0.25, 0.3) is 0 Å². The van der Waals surface area contributed by atoms with Gasteiger partial charge in [-0.1, -0.05) is 72.8 Å². The minimum Gasteiger partial charge on any atom is -0.464 e. The Bertz CT molecular complexity index is 837. The van der Waals surface area contributed by atoms with Crippen molar-refractivity contribution in [3.63, 3.8) is 0 Å². The van der Waals surface area contributed by atoms with Gasteiger partial charge < -0.3 is 14.7 Å². The molecule has 0 aliphatic carbocycles. The average molecular weight is 389 g/mol. The summed E-state index contributed by atoms with van der Waals surface area (Å²) in [6.07, 6.45) is -0.887. The summed E-state index contributed by atoms with van der Waals surface area (Å²) in [5.41, 5.74) is 4.47. The second-order valence-corrected chi connectivity index (χ2v) is 6.97. The third-order valence-electron chi connectivity index (χ3n) is 4.72. The first-order valence-electron chi connectivity index (χ1n) is 9.92. The second kappa shape index (κ2) is 10.4. The SMILES string of the molecule is CCOC(=O)[C@@H](O)Cc1ccc(N(Cc2ccccc2)Cc2ccccc2)cc1. The lowest BCUT2D eigenvalue weighted by molar-refractivity contribution is -0.152. The number of aliphatic hydroxyl groups excluding tert-OH is 1. The smallest absolute Gasteiger partial charge is 0.335 e. The fourth-order valence-corrected chi connectivity index (χ4v) is 3.23. The number of rotatable bonds is 9. The highest BCUT2D eigenvalue weighted by molar-refractivity contribution is 5.74. The van der Waals surface area contributed by atoms with Crippen molar-refractivity contribution < 1.29 is 14.6 Å². The maximum absolute atomic E-state index is 11.6. The first kappa shape index (κ1) is 20.6. The molecule has 1 N–H and O–H groups in total. The Morgan fingerprint density at radius 2 is 1.34 bits per heavy atom. The van der Waals surface area contributed by atoms with E-state index in [1.54, 1.807) is 6.92 Å². The van der Waals surface area contributed by atoms with E-state index < -0.39 is 12.1 Å². The van der Waals surface area contributed by atoms with E-state index in [9.17, 15) is 9.90 Å². The van der Waals surface area contributed by atoms with Crippen molar-refractivity contribution in [1.82, 2.24) is 0 Å². The normalized spacial score (nSPS) is 11.7. The van der Waals surface area contributed by atoms with Gasteiger partial charge in [0.2, 0.25) is 0 Å². The molecule has 0 unspecified atom stereocenters. The molecule has 3 aromatic carbocycles. The zero-order valence-corrected chi connectivity index (χ0v) is 16.7. The summed E-state index contributed by atoms with van der Waals surface area (Å²) < 4.78 is 4.87. The Labute approximate surface area is 172 Å². The van der Waals surface area contributed by atoms with Crippen LogP contribution in [0.5, 0.6) is 0 Å². The van der Waals surface area contributed by atoms with Crippen molar-refractivity contribution in [1.29, 1.82) is 0 Å². The summed E-state index contributed by atoms with van der Waals surface area (Å²) in [5.74, 6) is -0.577. The lowest BCUT2D eigenvalue weighted by atomic mass is 10.1. The standard InChI is InChI=1S/C25H27NO3/c1-2-29-25(28)24(27)17-20-13-15-23(16-14-20)26(18-21-9-5-3-6-10-21)19-22-11-7-4-8-12-22/h3-16,24,27H,2,17-19H2,1H3/t24-/m0/s1. The van der Waals surface area contributed by atoms with E-state index in [0.717, 1.165) is 24.3 Å². The highest BCUT2D eigenvalue weighted by Crippen LogP contribution is 2.21. The van der Waals surface area contributed by atoms with Crippen LogP contribution < -0.4 is 4.90 Å². The minimum atomic E-state index is -1.13. The third-order valence-corrected chi connectivity index (χ3v) is 4.72. The van der Waals surface area contributed by atoms with Crippen molar-refractivity contribution >= 4 is 11.7 Å². The molecule has 3 rings (SSSR count). The fraction of sp³-hybridized carbons (Fsp3) is 0.240. The summed E-state index contributed by atoms with van der Waals surface area (Å²) in [4.78, 5) is 14.0. The number of esters is 1. The largest absolute Gasteiger partial charge is 0.464 e. The number of carbonyl (C=O) groups is 1. The van der Waals surface area contributed by atoms with Crippen LogP contribution >= 0.6 is 0 Å². The maximum atomic E-state index is 11.6. The van der Waals surface area contributed by atoms with E-state index >= 15 is 0 Å². The summed E-state index contributed by atoms with van der Waals surface area (Å²) in [5, 5.41) is 9.99. The molecule has 0 aliphatic heterocycles. The zero-order valence-electron chi connectivity index (χ0n) is 16.7. The molecular formula is C25H27NO3. The van der Waals surface area contributed by atoms with E-state index in [-0.39, 0.29) is 13.0 Å². The molecule has 0 radical (unpaired) electrons. The maximum Gasteiger partial charge on any atom is 0.335 e. The number of aliphatic hydroxyl groups is 1. The Morgan fingerprint density at radius 3 is 1.83 bits per heavy atom. The summed E-state index contributed by atoms with van der Waals surface area (Å²) in [7, 11) is 0. The molecule has 0 fully saturated rings. The average Bonchev–Trinajstić information content (AvgIpc) is 2.75. The van der Waals surface area contributed by atoms with Crippen molar-refractivity contribution in [2.45, 2.75) is 32.5 Å². The van der Waals surface area contributed by atoms with E-state index in [1.165, 1.54) is 11.1 Å². The Balaban J connectivity index is 1.75. The van der Waals surface area contributed by atoms with Gasteiger partial charge >= 0.3 is 5.97 Å². The van der Waals surface area contributed by atoms with Gasteiger partial charge in [0.15, 0.2) is 6.10 Å². The molecule has 0 bridgehead atoms. The van der Waals surface area contributed by atoms with Crippen LogP contribution in [0.4, 0.5) is 5.69 Å². The molecule has 1 atom stereocenters. The van der Waals surface area contributed by atoms with Crippen molar-refractivity contribution in [3.05, 3.63) is 102 Å². The van der Waals surface area contributed by atoms with Gasteiger partial charge in [0.05, 0.1) is 6.61 Å². The van der Waals surface area contributed by atoms with Gasteiger partial charge in [-0.15, -0.1) is 0 Å². The van der Waals surface area contributed by atoms with Crippen molar-refractivity contribution in [2.75, 3.05) is 11.5 Å². The van der Waals surface area contributed by atoms with Gasteiger partial charge in [-0.3, -0.25) is 0 Å². The van der Waals surface area contributed by atoms with E-state index in [4.69, 9.17) is 4.74 Å². The molecule has 4 nitrogen and oxygen atoms in total. The van der Waals surface area contributed by atoms with E-state index in [0.29, 0.717) is 0 Å². The van der Waals surface area contributed by atoms with Gasteiger partial charge in [-0.05, 0) is 35.7 Å². The Hall–Kier alpha value is -3.11. The van der Waals surface area contributed by atoms with Crippen LogP contribution in [0, 0.1) is 0 Å². The van der Waals surface area contributed by atoms with Crippen LogP contribution in [-0.2, 0) is 29.0 Å². The molecule has 0 aromatic heterocycles. The molecular weight excluding hydrogens is 362 g/mol. The van der Waals surface area contributed by atoms with Gasteiger partial charge in [0, 0.05) is 25.2 Å². The molecule has 150 valence electrons. The molecule has 4 heteroatoms. The molecule has 0 aliphatic rings. The van der Waals surface area contributed by atoms with Crippen LogP contribution in [-0.4, -0.2) is 23.8 Å². The van der Waals surface area contributed by atoms with Crippen molar-refractivity contribution in [2.24, 2.45) is 0 Å². The topological polar surface area (TPSA) is 49.8 Å². The quantitative estimate of drug-likeness (QED) is 0.553. The highest BCUT2D eigenvalue weighted by atomic mass is 16.5. The fourth-order valence-electron chi connectivity index (χ4n) is 3.23. The first-order chi connectivity index (χ1) is 14.2. The predicted octanol–water partition coefficient (Wildman–Crippen LogP) is 4.36. The summed E-state index contributed by atoms with van der Waals surface area (Å²) in [6, 6.07) is 28.8. The van der Waals surface area contributed by atoms with Crippen LogP contribution in [0.2, 0.25) is 0 Å². The molecule has 29 heavy (non-hydrogen) atoms. The monoisotopic (exact) mass is 389 g/mol.